The van der Waals surface area contributed by atoms with Gasteiger partial charge in [0.25, 0.3) is 0 Å². The molecule has 1 aromatic rings. The van der Waals surface area contributed by atoms with Crippen molar-refractivity contribution in [3.63, 3.8) is 0 Å². The van der Waals surface area contributed by atoms with Crippen molar-refractivity contribution in [1.29, 1.82) is 0 Å². The SMILES string of the molecule is CC1CSCCN1c1ccc([C@@H](C)O)cc1Cl. The monoisotopic (exact) mass is 271 g/mol. The fraction of sp³-hybridized carbons (Fsp3) is 0.538. The molecule has 2 nitrogen and oxygen atoms in total. The molecule has 0 aromatic heterocycles. The Morgan fingerprint density at radius 2 is 2.29 bits per heavy atom. The molecule has 1 heterocycles. The molecular weight excluding hydrogens is 254 g/mol. The van der Waals surface area contributed by atoms with Gasteiger partial charge in [0, 0.05) is 24.1 Å². The second kappa shape index (κ2) is 5.51. The van der Waals surface area contributed by atoms with Crippen molar-refractivity contribution < 1.29 is 5.11 Å². The second-order valence-electron chi connectivity index (χ2n) is 4.50. The van der Waals surface area contributed by atoms with Gasteiger partial charge in [-0.2, -0.15) is 11.8 Å². The number of benzene rings is 1. The lowest BCUT2D eigenvalue weighted by Gasteiger charge is -2.35. The quantitative estimate of drug-likeness (QED) is 0.893. The first-order valence-corrected chi connectivity index (χ1v) is 7.44. The summed E-state index contributed by atoms with van der Waals surface area (Å²) in [4.78, 5) is 2.35. The van der Waals surface area contributed by atoms with E-state index in [1.165, 1.54) is 0 Å². The minimum Gasteiger partial charge on any atom is -0.389 e. The molecular formula is C13H18ClNOS. The predicted molar refractivity (Wildman–Crippen MR) is 76.2 cm³/mol. The highest BCUT2D eigenvalue weighted by Gasteiger charge is 2.21. The summed E-state index contributed by atoms with van der Waals surface area (Å²) in [6.07, 6.45) is -0.462. The van der Waals surface area contributed by atoms with Crippen LogP contribution in [0.5, 0.6) is 0 Å². The lowest BCUT2D eigenvalue weighted by atomic mass is 10.1. The van der Waals surface area contributed by atoms with Crippen LogP contribution in [0.4, 0.5) is 5.69 Å². The van der Waals surface area contributed by atoms with E-state index in [4.69, 9.17) is 11.6 Å². The van der Waals surface area contributed by atoms with Gasteiger partial charge in [0.2, 0.25) is 0 Å². The third-order valence-corrected chi connectivity index (χ3v) is 4.62. The summed E-state index contributed by atoms with van der Waals surface area (Å²) < 4.78 is 0. The fourth-order valence-corrected chi connectivity index (χ4v) is 3.41. The molecule has 1 aliphatic rings. The molecule has 4 heteroatoms. The zero-order valence-corrected chi connectivity index (χ0v) is 11.8. The van der Waals surface area contributed by atoms with Crippen LogP contribution >= 0.6 is 23.4 Å². The zero-order valence-electron chi connectivity index (χ0n) is 10.2. The normalized spacial score (nSPS) is 22.6. The Balaban J connectivity index is 2.26. The highest BCUT2D eigenvalue weighted by atomic mass is 35.5. The number of halogens is 1. The van der Waals surface area contributed by atoms with E-state index in [0.29, 0.717) is 6.04 Å². The Morgan fingerprint density at radius 1 is 1.53 bits per heavy atom. The van der Waals surface area contributed by atoms with Crippen LogP contribution < -0.4 is 4.90 Å². The highest BCUT2D eigenvalue weighted by Crippen LogP contribution is 2.32. The minimum atomic E-state index is -0.462. The first-order valence-electron chi connectivity index (χ1n) is 5.91. The van der Waals surface area contributed by atoms with Gasteiger partial charge in [-0.3, -0.25) is 0 Å². The highest BCUT2D eigenvalue weighted by molar-refractivity contribution is 7.99. The van der Waals surface area contributed by atoms with Gasteiger partial charge in [0.1, 0.15) is 0 Å². The standard InChI is InChI=1S/C13H18ClNOS/c1-9-8-17-6-5-15(9)13-4-3-11(10(2)16)7-12(13)14/h3-4,7,9-10,16H,5-6,8H2,1-2H3/t9?,10-/m1/s1. The van der Waals surface area contributed by atoms with E-state index in [9.17, 15) is 5.11 Å². The topological polar surface area (TPSA) is 23.5 Å². The molecule has 17 heavy (non-hydrogen) atoms. The van der Waals surface area contributed by atoms with Crippen LogP contribution in [0.3, 0.4) is 0 Å². The van der Waals surface area contributed by atoms with Crippen LogP contribution in [0.1, 0.15) is 25.5 Å². The summed E-state index contributed by atoms with van der Waals surface area (Å²) in [5, 5.41) is 10.3. The maximum absolute atomic E-state index is 9.53. The fourth-order valence-electron chi connectivity index (χ4n) is 2.10. The Morgan fingerprint density at radius 3 is 2.88 bits per heavy atom. The number of aliphatic hydroxyl groups is 1. The van der Waals surface area contributed by atoms with Crippen molar-refractivity contribution in [2.24, 2.45) is 0 Å². The summed E-state index contributed by atoms with van der Waals surface area (Å²) in [5.41, 5.74) is 1.96. The number of thioether (sulfide) groups is 1. The molecule has 2 rings (SSSR count). The van der Waals surface area contributed by atoms with Crippen LogP contribution in [-0.4, -0.2) is 29.2 Å². The average Bonchev–Trinajstić information content (AvgIpc) is 2.30. The van der Waals surface area contributed by atoms with Crippen LogP contribution in [0, 0.1) is 0 Å². The zero-order chi connectivity index (χ0) is 12.4. The first kappa shape index (κ1) is 13.1. The Labute approximate surface area is 112 Å². The Hall–Kier alpha value is -0.380. The number of aliphatic hydroxyl groups excluding tert-OH is 1. The van der Waals surface area contributed by atoms with E-state index in [1.807, 2.05) is 30.0 Å². The van der Waals surface area contributed by atoms with E-state index in [-0.39, 0.29) is 0 Å². The number of anilines is 1. The van der Waals surface area contributed by atoms with Gasteiger partial charge < -0.3 is 10.0 Å². The van der Waals surface area contributed by atoms with E-state index >= 15 is 0 Å². The second-order valence-corrected chi connectivity index (χ2v) is 6.06. The molecule has 1 unspecified atom stereocenters. The van der Waals surface area contributed by atoms with Crippen LogP contribution in [0.15, 0.2) is 18.2 Å². The predicted octanol–water partition coefficient (Wildman–Crippen LogP) is 3.34. The Kier molecular flexibility index (Phi) is 4.23. The van der Waals surface area contributed by atoms with E-state index in [1.54, 1.807) is 6.92 Å². The molecule has 0 spiro atoms. The van der Waals surface area contributed by atoms with Crippen molar-refractivity contribution in [2.45, 2.75) is 26.0 Å². The summed E-state index contributed by atoms with van der Waals surface area (Å²) >= 11 is 8.30. The molecule has 1 N–H and O–H groups in total. The molecule has 1 aliphatic heterocycles. The van der Waals surface area contributed by atoms with Crippen molar-refractivity contribution >= 4 is 29.1 Å². The maximum Gasteiger partial charge on any atom is 0.0762 e. The molecule has 1 aromatic carbocycles. The van der Waals surface area contributed by atoms with Crippen molar-refractivity contribution in [1.82, 2.24) is 0 Å². The largest absolute Gasteiger partial charge is 0.389 e. The lowest BCUT2D eigenvalue weighted by Crippen LogP contribution is -2.40. The molecule has 94 valence electrons. The number of rotatable bonds is 2. The molecule has 0 radical (unpaired) electrons. The summed E-state index contributed by atoms with van der Waals surface area (Å²) in [7, 11) is 0. The van der Waals surface area contributed by atoms with Gasteiger partial charge in [-0.1, -0.05) is 17.7 Å². The maximum atomic E-state index is 9.53. The van der Waals surface area contributed by atoms with Gasteiger partial charge in [-0.25, -0.2) is 0 Å². The van der Waals surface area contributed by atoms with Gasteiger partial charge in [0.15, 0.2) is 0 Å². The molecule has 1 fully saturated rings. The molecule has 2 atom stereocenters. The van der Waals surface area contributed by atoms with Crippen molar-refractivity contribution in [3.05, 3.63) is 28.8 Å². The smallest absolute Gasteiger partial charge is 0.0762 e. The van der Waals surface area contributed by atoms with Crippen LogP contribution in [0.2, 0.25) is 5.02 Å². The van der Waals surface area contributed by atoms with E-state index < -0.39 is 6.10 Å². The van der Waals surface area contributed by atoms with Gasteiger partial charge in [-0.15, -0.1) is 0 Å². The molecule has 0 saturated carbocycles. The molecule has 1 saturated heterocycles. The number of nitrogens with zero attached hydrogens (tertiary/aromatic N) is 1. The van der Waals surface area contributed by atoms with E-state index in [2.05, 4.69) is 11.8 Å². The lowest BCUT2D eigenvalue weighted by molar-refractivity contribution is 0.199. The average molecular weight is 272 g/mol. The van der Waals surface area contributed by atoms with E-state index in [0.717, 1.165) is 34.3 Å². The van der Waals surface area contributed by atoms with Gasteiger partial charge in [-0.05, 0) is 31.5 Å². The Bertz CT molecular complexity index is 397. The van der Waals surface area contributed by atoms with Crippen LogP contribution in [-0.2, 0) is 0 Å². The minimum absolute atomic E-state index is 0.462. The summed E-state index contributed by atoms with van der Waals surface area (Å²) in [5.74, 6) is 2.30. The number of hydrogen-bond acceptors (Lipinski definition) is 3. The van der Waals surface area contributed by atoms with Gasteiger partial charge >= 0.3 is 0 Å². The van der Waals surface area contributed by atoms with Crippen molar-refractivity contribution in [3.8, 4) is 0 Å². The number of hydrogen-bond donors (Lipinski definition) is 1. The summed E-state index contributed by atoms with van der Waals surface area (Å²) in [6.45, 7) is 5.02. The molecule has 0 aliphatic carbocycles. The van der Waals surface area contributed by atoms with Crippen molar-refractivity contribution in [2.75, 3.05) is 23.0 Å². The first-order chi connectivity index (χ1) is 8.09. The molecule has 0 bridgehead atoms. The summed E-state index contributed by atoms with van der Waals surface area (Å²) in [6, 6.07) is 6.37. The third-order valence-electron chi connectivity index (χ3n) is 3.13. The van der Waals surface area contributed by atoms with Crippen LogP contribution in [0.25, 0.3) is 0 Å². The molecule has 0 amide bonds. The third kappa shape index (κ3) is 2.90. The van der Waals surface area contributed by atoms with Gasteiger partial charge in [0.05, 0.1) is 16.8 Å².